The number of anilines is 1. The van der Waals surface area contributed by atoms with Gasteiger partial charge in [-0.25, -0.2) is 9.18 Å². The lowest BCUT2D eigenvalue weighted by atomic mass is 10.1. The summed E-state index contributed by atoms with van der Waals surface area (Å²) in [5.41, 5.74) is 2.50. The second kappa shape index (κ2) is 3.28. The van der Waals surface area contributed by atoms with Gasteiger partial charge in [0.1, 0.15) is 11.5 Å². The van der Waals surface area contributed by atoms with Gasteiger partial charge in [0.25, 0.3) is 0 Å². The number of nitrogens with zero attached hydrogens (tertiary/aromatic N) is 2. The molecule has 16 heavy (non-hydrogen) atoms. The van der Waals surface area contributed by atoms with Crippen LogP contribution in [0.3, 0.4) is 0 Å². The van der Waals surface area contributed by atoms with Gasteiger partial charge in [-0.3, -0.25) is 4.57 Å². The molecule has 1 aliphatic rings. The Hall–Kier alpha value is -1.43. The number of aromatic nitrogens is 2. The highest BCUT2D eigenvalue weighted by molar-refractivity contribution is 5.24. The van der Waals surface area contributed by atoms with Crippen molar-refractivity contribution in [3.05, 3.63) is 22.7 Å². The van der Waals surface area contributed by atoms with E-state index in [2.05, 4.69) is 4.98 Å². The summed E-state index contributed by atoms with van der Waals surface area (Å²) in [5.74, 6) is 0.120. The van der Waals surface area contributed by atoms with Crippen LogP contribution in [0, 0.1) is 5.41 Å². The fourth-order valence-corrected chi connectivity index (χ4v) is 1.85. The van der Waals surface area contributed by atoms with Crippen molar-refractivity contribution in [1.29, 1.82) is 0 Å². The molecule has 5 nitrogen and oxygen atoms in total. The first-order valence-electron chi connectivity index (χ1n) is 5.03. The molecule has 2 rings (SSSR count). The van der Waals surface area contributed by atoms with Gasteiger partial charge in [-0.15, -0.1) is 0 Å². The SMILES string of the molecule is C[C@]1(CO)C[C@@]1(F)Cn1ccc(N)nc1=O. The summed E-state index contributed by atoms with van der Waals surface area (Å²) in [5, 5.41) is 9.03. The van der Waals surface area contributed by atoms with Crippen LogP contribution in [0.15, 0.2) is 17.1 Å². The third-order valence-electron chi connectivity index (χ3n) is 3.29. The molecule has 88 valence electrons. The third kappa shape index (κ3) is 1.59. The zero-order chi connectivity index (χ0) is 12.0. The lowest BCUT2D eigenvalue weighted by molar-refractivity contribution is 0.137. The van der Waals surface area contributed by atoms with Crippen molar-refractivity contribution in [3.63, 3.8) is 0 Å². The standard InChI is InChI=1S/C10H14FN3O2/c1-9(6-15)4-10(9,11)5-14-3-2-7(12)13-8(14)16/h2-3,15H,4-6H2,1H3,(H2,12,13,16)/t9-,10-/m1/s1. The molecule has 0 aliphatic heterocycles. The van der Waals surface area contributed by atoms with Crippen LogP contribution < -0.4 is 11.4 Å². The highest BCUT2D eigenvalue weighted by Gasteiger charge is 2.65. The van der Waals surface area contributed by atoms with Gasteiger partial charge < -0.3 is 10.8 Å². The van der Waals surface area contributed by atoms with Crippen molar-refractivity contribution < 1.29 is 9.50 Å². The van der Waals surface area contributed by atoms with E-state index in [1.165, 1.54) is 16.8 Å². The fraction of sp³-hybridized carbons (Fsp3) is 0.600. The first-order valence-corrected chi connectivity index (χ1v) is 5.03. The van der Waals surface area contributed by atoms with E-state index in [9.17, 15) is 9.18 Å². The molecule has 1 heterocycles. The minimum Gasteiger partial charge on any atom is -0.396 e. The van der Waals surface area contributed by atoms with Crippen LogP contribution >= 0.6 is 0 Å². The Balaban J connectivity index is 2.21. The molecule has 3 N–H and O–H groups in total. The van der Waals surface area contributed by atoms with Gasteiger partial charge in [0, 0.05) is 11.6 Å². The maximum atomic E-state index is 14.1. The molecule has 0 spiro atoms. The molecule has 2 atom stereocenters. The van der Waals surface area contributed by atoms with Gasteiger partial charge in [-0.05, 0) is 12.5 Å². The quantitative estimate of drug-likeness (QED) is 0.757. The molecule has 0 bridgehead atoms. The van der Waals surface area contributed by atoms with E-state index < -0.39 is 16.8 Å². The first-order chi connectivity index (χ1) is 7.40. The molecule has 1 aliphatic carbocycles. The lowest BCUT2D eigenvalue weighted by Crippen LogP contribution is -2.31. The predicted octanol–water partition coefficient (Wildman–Crippen LogP) is -0.0639. The van der Waals surface area contributed by atoms with Crippen molar-refractivity contribution in [3.8, 4) is 0 Å². The normalized spacial score (nSPS) is 32.7. The molecular formula is C10H14FN3O2. The summed E-state index contributed by atoms with van der Waals surface area (Å²) < 4.78 is 15.3. The highest BCUT2D eigenvalue weighted by Crippen LogP contribution is 2.59. The summed E-state index contributed by atoms with van der Waals surface area (Å²) >= 11 is 0. The van der Waals surface area contributed by atoms with Gasteiger partial charge in [0.15, 0.2) is 0 Å². The van der Waals surface area contributed by atoms with Crippen LogP contribution in [0.1, 0.15) is 13.3 Å². The molecule has 0 saturated heterocycles. The van der Waals surface area contributed by atoms with Crippen LogP contribution in [-0.2, 0) is 6.54 Å². The van der Waals surface area contributed by atoms with Crippen molar-refractivity contribution in [2.75, 3.05) is 12.3 Å². The Morgan fingerprint density at radius 2 is 2.44 bits per heavy atom. The fourth-order valence-electron chi connectivity index (χ4n) is 1.85. The van der Waals surface area contributed by atoms with Crippen molar-refractivity contribution in [1.82, 2.24) is 9.55 Å². The topological polar surface area (TPSA) is 81.1 Å². The number of nitrogen functional groups attached to an aromatic ring is 1. The number of aliphatic hydroxyl groups is 1. The zero-order valence-corrected chi connectivity index (χ0v) is 8.98. The second-order valence-electron chi connectivity index (χ2n) is 4.62. The van der Waals surface area contributed by atoms with E-state index in [4.69, 9.17) is 10.8 Å². The minimum absolute atomic E-state index is 0.0871. The number of hydrogen-bond donors (Lipinski definition) is 2. The minimum atomic E-state index is -1.52. The Kier molecular flexibility index (Phi) is 2.27. The Morgan fingerprint density at radius 3 is 2.94 bits per heavy atom. The number of hydrogen-bond acceptors (Lipinski definition) is 4. The number of nitrogens with two attached hydrogens (primary N) is 1. The molecule has 1 fully saturated rings. The van der Waals surface area contributed by atoms with E-state index in [1.54, 1.807) is 6.92 Å². The average molecular weight is 227 g/mol. The number of aliphatic hydroxyl groups excluding tert-OH is 1. The molecular weight excluding hydrogens is 213 g/mol. The second-order valence-corrected chi connectivity index (χ2v) is 4.62. The molecule has 1 aromatic rings. The van der Waals surface area contributed by atoms with Crippen LogP contribution in [-0.4, -0.2) is 26.9 Å². The smallest absolute Gasteiger partial charge is 0.349 e. The van der Waals surface area contributed by atoms with Gasteiger partial charge in [-0.2, -0.15) is 4.98 Å². The first kappa shape index (κ1) is 11.1. The van der Waals surface area contributed by atoms with E-state index in [0.29, 0.717) is 0 Å². The molecule has 0 amide bonds. The number of halogens is 1. The maximum Gasteiger partial charge on any atom is 0.349 e. The van der Waals surface area contributed by atoms with Crippen molar-refractivity contribution in [2.24, 2.45) is 5.41 Å². The van der Waals surface area contributed by atoms with Gasteiger partial charge in [-0.1, -0.05) is 6.92 Å². The van der Waals surface area contributed by atoms with Crippen LogP contribution in [0.25, 0.3) is 0 Å². The van der Waals surface area contributed by atoms with Gasteiger partial charge in [0.05, 0.1) is 13.2 Å². The molecule has 1 saturated carbocycles. The van der Waals surface area contributed by atoms with Crippen molar-refractivity contribution in [2.45, 2.75) is 25.6 Å². The van der Waals surface area contributed by atoms with Crippen LogP contribution in [0.4, 0.5) is 10.2 Å². The molecule has 0 radical (unpaired) electrons. The van der Waals surface area contributed by atoms with E-state index in [-0.39, 0.29) is 25.4 Å². The van der Waals surface area contributed by atoms with Crippen LogP contribution in [0.2, 0.25) is 0 Å². The summed E-state index contributed by atoms with van der Waals surface area (Å²) in [6.07, 6.45) is 1.68. The lowest BCUT2D eigenvalue weighted by Gasteiger charge is -2.14. The average Bonchev–Trinajstić information content (AvgIpc) is 2.75. The number of rotatable bonds is 3. The molecule has 6 heteroatoms. The largest absolute Gasteiger partial charge is 0.396 e. The van der Waals surface area contributed by atoms with E-state index in [1.807, 2.05) is 0 Å². The maximum absolute atomic E-state index is 14.1. The van der Waals surface area contributed by atoms with Crippen LogP contribution in [0.5, 0.6) is 0 Å². The van der Waals surface area contributed by atoms with Gasteiger partial charge >= 0.3 is 5.69 Å². The highest BCUT2D eigenvalue weighted by atomic mass is 19.1. The van der Waals surface area contributed by atoms with E-state index >= 15 is 0 Å². The summed E-state index contributed by atoms with van der Waals surface area (Å²) in [7, 11) is 0. The third-order valence-corrected chi connectivity index (χ3v) is 3.29. The molecule has 1 aromatic heterocycles. The van der Waals surface area contributed by atoms with E-state index in [0.717, 1.165) is 0 Å². The molecule has 0 aromatic carbocycles. The predicted molar refractivity (Wildman–Crippen MR) is 56.6 cm³/mol. The summed E-state index contributed by atoms with van der Waals surface area (Å²) in [6.45, 7) is 1.35. The monoisotopic (exact) mass is 227 g/mol. The summed E-state index contributed by atoms with van der Waals surface area (Å²) in [6, 6.07) is 1.45. The van der Waals surface area contributed by atoms with Crippen molar-refractivity contribution >= 4 is 5.82 Å². The summed E-state index contributed by atoms with van der Waals surface area (Å²) in [4.78, 5) is 14.9. The Bertz CT molecular complexity index is 475. The Morgan fingerprint density at radius 1 is 1.75 bits per heavy atom. The van der Waals surface area contributed by atoms with Gasteiger partial charge in [0.2, 0.25) is 0 Å². The Labute approximate surface area is 91.7 Å². The number of alkyl halides is 1. The molecule has 0 unspecified atom stereocenters. The zero-order valence-electron chi connectivity index (χ0n) is 8.98.